The average Bonchev–Trinajstić information content (AvgIpc) is 3.02. The zero-order valence-electron chi connectivity index (χ0n) is 18.2. The van der Waals surface area contributed by atoms with Gasteiger partial charge in [0.05, 0.1) is 16.1 Å². The lowest BCUT2D eigenvalue weighted by atomic mass is 9.76. The predicted molar refractivity (Wildman–Crippen MR) is 126 cm³/mol. The summed E-state index contributed by atoms with van der Waals surface area (Å²) in [5.41, 5.74) is 3.36. The monoisotopic (exact) mass is 395 g/mol. The summed E-state index contributed by atoms with van der Waals surface area (Å²) in [6, 6.07) is 19.1. The fourth-order valence-electron chi connectivity index (χ4n) is 4.27. The highest BCUT2D eigenvalue weighted by Gasteiger charge is 2.34. The minimum atomic E-state index is -1.21. The Bertz CT molecular complexity index is 681. The topological polar surface area (TPSA) is 12.0 Å². The first-order chi connectivity index (χ1) is 12.6. The third-order valence-corrected chi connectivity index (χ3v) is 10.3. The molecule has 1 N–H and O–H groups in total. The van der Waals surface area contributed by atoms with Gasteiger partial charge in [-0.3, -0.25) is 0 Å². The van der Waals surface area contributed by atoms with Crippen LogP contribution in [0.5, 0.6) is 0 Å². The molecule has 1 nitrogen and oxygen atoms in total. The Labute approximate surface area is 168 Å². The Morgan fingerprint density at radius 1 is 0.704 bits per heavy atom. The van der Waals surface area contributed by atoms with Crippen LogP contribution in [0.25, 0.3) is 0 Å². The maximum absolute atomic E-state index is 3.64. The fourth-order valence-corrected chi connectivity index (χ4v) is 6.60. The van der Waals surface area contributed by atoms with Crippen LogP contribution in [0.15, 0.2) is 48.5 Å². The van der Waals surface area contributed by atoms with E-state index in [1.165, 1.54) is 30.4 Å². The summed E-state index contributed by atoms with van der Waals surface area (Å²) >= 11 is 0. The Morgan fingerprint density at radius 2 is 1.11 bits per heavy atom. The van der Waals surface area contributed by atoms with Crippen LogP contribution in [0.1, 0.15) is 17.5 Å². The lowest BCUT2D eigenvalue weighted by Crippen LogP contribution is -2.37. The first kappa shape index (κ1) is 20.6. The molecule has 0 amide bonds. The average molecular weight is 396 g/mol. The molecular formula is C24H37NSi2. The summed E-state index contributed by atoms with van der Waals surface area (Å²) in [5, 5.41) is 6.76. The van der Waals surface area contributed by atoms with Gasteiger partial charge in [0, 0.05) is 6.54 Å². The fraction of sp³-hybridized carbons (Fsp3) is 0.500. The molecule has 1 aliphatic rings. The van der Waals surface area contributed by atoms with Gasteiger partial charge < -0.3 is 5.32 Å². The van der Waals surface area contributed by atoms with Gasteiger partial charge in [-0.05, 0) is 42.3 Å². The number of hydrogen-bond acceptors (Lipinski definition) is 1. The third kappa shape index (κ3) is 5.21. The highest BCUT2D eigenvalue weighted by atomic mass is 28.3. The van der Waals surface area contributed by atoms with Gasteiger partial charge in [-0.25, -0.2) is 0 Å². The van der Waals surface area contributed by atoms with Crippen LogP contribution in [0, 0.1) is 5.41 Å². The molecular weight excluding hydrogens is 358 g/mol. The first-order valence-corrected chi connectivity index (χ1v) is 17.5. The van der Waals surface area contributed by atoms with Crippen molar-refractivity contribution in [1.29, 1.82) is 0 Å². The van der Waals surface area contributed by atoms with Crippen LogP contribution in [0.4, 0.5) is 0 Å². The molecule has 1 heterocycles. The predicted octanol–water partition coefficient (Wildman–Crippen LogP) is 4.54. The zero-order valence-corrected chi connectivity index (χ0v) is 20.2. The lowest BCUT2D eigenvalue weighted by molar-refractivity contribution is 0.318. The van der Waals surface area contributed by atoms with Crippen LogP contribution in [-0.4, -0.2) is 29.2 Å². The normalized spacial score (nSPS) is 17.3. The van der Waals surface area contributed by atoms with Crippen molar-refractivity contribution < 1.29 is 0 Å². The van der Waals surface area contributed by atoms with Gasteiger partial charge in [-0.1, -0.05) is 98.2 Å². The minimum Gasteiger partial charge on any atom is -0.316 e. The molecule has 146 valence electrons. The molecule has 1 aliphatic heterocycles. The van der Waals surface area contributed by atoms with Crippen LogP contribution in [0.2, 0.25) is 39.3 Å². The SMILES string of the molecule is C[Si](C)(C)c1ccc(CC2(Cc3ccc([Si](C)(C)C)cc3)CCNC2)cc1. The van der Waals surface area contributed by atoms with Crippen molar-refractivity contribution in [3.63, 3.8) is 0 Å². The van der Waals surface area contributed by atoms with E-state index < -0.39 is 16.1 Å². The van der Waals surface area contributed by atoms with Gasteiger partial charge in [-0.15, -0.1) is 0 Å². The molecule has 0 bridgehead atoms. The van der Waals surface area contributed by atoms with Crippen molar-refractivity contribution in [2.75, 3.05) is 13.1 Å². The highest BCUT2D eigenvalue weighted by Crippen LogP contribution is 2.34. The van der Waals surface area contributed by atoms with E-state index in [1.54, 1.807) is 10.4 Å². The third-order valence-electron chi connectivity index (χ3n) is 6.13. The van der Waals surface area contributed by atoms with Gasteiger partial charge in [0.25, 0.3) is 0 Å². The molecule has 0 unspecified atom stereocenters. The van der Waals surface area contributed by atoms with Gasteiger partial charge in [0.15, 0.2) is 0 Å². The Hall–Kier alpha value is -1.17. The summed E-state index contributed by atoms with van der Waals surface area (Å²) in [6.07, 6.45) is 3.64. The molecule has 27 heavy (non-hydrogen) atoms. The molecule has 1 fully saturated rings. The molecule has 2 aromatic carbocycles. The molecule has 0 atom stereocenters. The van der Waals surface area contributed by atoms with Crippen LogP contribution >= 0.6 is 0 Å². The molecule has 0 radical (unpaired) electrons. The van der Waals surface area contributed by atoms with E-state index in [9.17, 15) is 0 Å². The molecule has 0 aromatic heterocycles. The van der Waals surface area contributed by atoms with Crippen LogP contribution in [-0.2, 0) is 12.8 Å². The molecule has 2 aromatic rings. The minimum absolute atomic E-state index is 0.362. The second kappa shape index (κ2) is 7.69. The van der Waals surface area contributed by atoms with Crippen molar-refractivity contribution in [3.8, 4) is 0 Å². The molecule has 3 rings (SSSR count). The highest BCUT2D eigenvalue weighted by molar-refractivity contribution is 6.89. The molecule has 0 aliphatic carbocycles. The summed E-state index contributed by atoms with van der Waals surface area (Å²) < 4.78 is 0. The number of rotatable bonds is 6. The van der Waals surface area contributed by atoms with E-state index in [1.807, 2.05) is 0 Å². The summed E-state index contributed by atoms with van der Waals surface area (Å²) in [5.74, 6) is 0. The Kier molecular flexibility index (Phi) is 5.86. The van der Waals surface area contributed by atoms with Crippen molar-refractivity contribution in [3.05, 3.63) is 59.7 Å². The van der Waals surface area contributed by atoms with E-state index >= 15 is 0 Å². The zero-order chi connectivity index (χ0) is 19.7. The van der Waals surface area contributed by atoms with Crippen molar-refractivity contribution in [1.82, 2.24) is 5.32 Å². The second-order valence-corrected chi connectivity index (χ2v) is 20.8. The lowest BCUT2D eigenvalue weighted by Gasteiger charge is -2.29. The molecule has 3 heteroatoms. The number of hydrogen-bond donors (Lipinski definition) is 1. The molecule has 1 saturated heterocycles. The maximum atomic E-state index is 3.64. The second-order valence-electron chi connectivity index (χ2n) is 10.7. The Morgan fingerprint density at radius 3 is 1.41 bits per heavy atom. The van der Waals surface area contributed by atoms with E-state index in [0.717, 1.165) is 13.1 Å². The summed E-state index contributed by atoms with van der Waals surface area (Å²) in [6.45, 7) is 16.8. The smallest absolute Gasteiger partial charge is 0.0775 e. The Balaban J connectivity index is 1.76. The van der Waals surface area contributed by atoms with Gasteiger partial charge in [0.2, 0.25) is 0 Å². The largest absolute Gasteiger partial charge is 0.316 e. The molecule has 0 spiro atoms. The van der Waals surface area contributed by atoms with Crippen LogP contribution in [0.3, 0.4) is 0 Å². The van der Waals surface area contributed by atoms with E-state index in [2.05, 4.69) is 93.1 Å². The van der Waals surface area contributed by atoms with Gasteiger partial charge in [-0.2, -0.15) is 0 Å². The molecule has 0 saturated carbocycles. The van der Waals surface area contributed by atoms with Crippen molar-refractivity contribution in [2.24, 2.45) is 5.41 Å². The number of nitrogens with one attached hydrogen (secondary N) is 1. The van der Waals surface area contributed by atoms with E-state index in [4.69, 9.17) is 0 Å². The first-order valence-electron chi connectivity index (χ1n) is 10.5. The van der Waals surface area contributed by atoms with Gasteiger partial charge in [0.1, 0.15) is 0 Å². The van der Waals surface area contributed by atoms with Gasteiger partial charge >= 0.3 is 0 Å². The van der Waals surface area contributed by atoms with Crippen molar-refractivity contribution in [2.45, 2.75) is 58.5 Å². The quantitative estimate of drug-likeness (QED) is 0.708. The summed E-state index contributed by atoms with van der Waals surface area (Å²) in [4.78, 5) is 0. The standard InChI is InChI=1S/C24H37NSi2/c1-26(2,3)22-11-7-20(8-12-22)17-24(15-16-25-19-24)18-21-9-13-23(14-10-21)27(4,5)6/h7-14,25H,15-19H2,1-6H3. The maximum Gasteiger partial charge on any atom is 0.0775 e. The van der Waals surface area contributed by atoms with Crippen molar-refractivity contribution >= 4 is 26.5 Å². The van der Waals surface area contributed by atoms with Crippen LogP contribution < -0.4 is 15.7 Å². The number of benzene rings is 2. The van der Waals surface area contributed by atoms with E-state index in [-0.39, 0.29) is 0 Å². The summed E-state index contributed by atoms with van der Waals surface area (Å²) in [7, 11) is -2.42. The van der Waals surface area contributed by atoms with E-state index in [0.29, 0.717) is 5.41 Å².